The van der Waals surface area contributed by atoms with Crippen LogP contribution in [0.2, 0.25) is 0 Å². The van der Waals surface area contributed by atoms with Gasteiger partial charge in [-0.25, -0.2) is 0 Å². The minimum Gasteiger partial charge on any atom is -0.335 e. The van der Waals surface area contributed by atoms with Gasteiger partial charge >= 0.3 is 0 Å². The minimum absolute atomic E-state index is 0. The molecule has 0 rings (SSSR count). The van der Waals surface area contributed by atoms with E-state index in [-0.39, 0.29) is 38.5 Å². The fourth-order valence-electron chi connectivity index (χ4n) is 0.287. The molecule has 0 heterocycles. The van der Waals surface area contributed by atoms with Crippen LogP contribution in [0, 0.1) is 6.42 Å². The summed E-state index contributed by atoms with van der Waals surface area (Å²) >= 11 is 0. The fourth-order valence-corrected chi connectivity index (χ4v) is 0.287. The molecule has 0 unspecified atom stereocenters. The van der Waals surface area contributed by atoms with Crippen LogP contribution in [0.1, 0.15) is 20.3 Å². The molecule has 0 aliphatic rings. The Hall–Kier alpha value is 0.644. The van der Waals surface area contributed by atoms with Gasteiger partial charge in [0.05, 0.1) is 0 Å². The Morgan fingerprint density at radius 3 is 2.14 bits per heavy atom. The summed E-state index contributed by atoms with van der Waals surface area (Å²) in [6.45, 7) is 3.50. The van der Waals surface area contributed by atoms with Crippen molar-refractivity contribution >= 4 is 5.78 Å². The van der Waals surface area contributed by atoms with Crippen molar-refractivity contribution in [2.24, 2.45) is 0 Å². The molecule has 0 N–H and O–H groups in total. The van der Waals surface area contributed by atoms with Gasteiger partial charge in [-0.15, -0.1) is 0 Å². The first-order valence-corrected chi connectivity index (χ1v) is 2.11. The van der Waals surface area contributed by atoms with E-state index in [1.165, 1.54) is 0 Å². The summed E-state index contributed by atoms with van der Waals surface area (Å²) in [5.74, 6) is 0.164. The van der Waals surface area contributed by atoms with Crippen LogP contribution in [0.25, 0.3) is 0 Å². The maximum atomic E-state index is 9.99. The third kappa shape index (κ3) is 10.8. The zero-order valence-electron chi connectivity index (χ0n) is 4.77. The van der Waals surface area contributed by atoms with Crippen molar-refractivity contribution in [2.45, 2.75) is 20.3 Å². The van der Waals surface area contributed by atoms with E-state index in [0.717, 1.165) is 6.42 Å². The van der Waals surface area contributed by atoms with Gasteiger partial charge in [-0.3, -0.25) is 0 Å². The Balaban J connectivity index is 0. The van der Waals surface area contributed by atoms with Gasteiger partial charge in [0.15, 0.2) is 0 Å². The molecule has 0 aromatic heterocycles. The van der Waals surface area contributed by atoms with Crippen molar-refractivity contribution < 1.29 is 37.5 Å². The number of hydrogen-bond donors (Lipinski definition) is 0. The first kappa shape index (κ1) is 10.6. The number of Topliss-reactive ketones (excluding diaryl/α,β-unsaturated/α-hetero) is 1. The zero-order chi connectivity index (χ0) is 4.99. The van der Waals surface area contributed by atoms with E-state index in [4.69, 9.17) is 0 Å². The maximum Gasteiger partial charge on any atom is 0 e. The van der Waals surface area contributed by atoms with E-state index in [0.29, 0.717) is 0 Å². The van der Waals surface area contributed by atoms with Crippen LogP contribution in [0.3, 0.4) is 0 Å². The Bertz CT molecular complexity index is 52.0. The van der Waals surface area contributed by atoms with Crippen LogP contribution in [0.15, 0.2) is 0 Å². The van der Waals surface area contributed by atoms with Crippen molar-refractivity contribution in [3.8, 4) is 0 Å². The van der Waals surface area contributed by atoms with Crippen molar-refractivity contribution in [2.75, 3.05) is 0 Å². The zero-order valence-corrected chi connectivity index (χ0v) is 7.61. The standard InChI is InChI=1S/C5H9O.Y/c1-3-4-5(2)6;/h4H,3H2,1-2H3;/q-1;. The summed E-state index contributed by atoms with van der Waals surface area (Å²) in [6, 6.07) is 0. The molecule has 39 valence electrons. The molecule has 0 aromatic carbocycles. The second kappa shape index (κ2) is 6.64. The SMILES string of the molecule is CC[CH-]C(C)=O.[Y]. The molecule has 0 spiro atoms. The molecule has 7 heavy (non-hydrogen) atoms. The smallest absolute Gasteiger partial charge is 0 e. The number of carbonyl (C=O) groups excluding carboxylic acids is 1. The molecule has 0 aromatic rings. The molecule has 0 aliphatic heterocycles. The number of hydrogen-bond acceptors (Lipinski definition) is 1. The van der Waals surface area contributed by atoms with E-state index in [1.807, 2.05) is 6.92 Å². The number of ketones is 1. The number of carbonyl (C=O) groups is 1. The monoisotopic (exact) mass is 174 g/mol. The van der Waals surface area contributed by atoms with Crippen molar-refractivity contribution in [3.05, 3.63) is 6.42 Å². The Labute approximate surface area is 69.7 Å². The van der Waals surface area contributed by atoms with Gasteiger partial charge in [0.1, 0.15) is 0 Å². The Kier molecular flexibility index (Phi) is 10.1. The van der Waals surface area contributed by atoms with Crippen LogP contribution < -0.4 is 0 Å². The van der Waals surface area contributed by atoms with Crippen molar-refractivity contribution in [1.29, 1.82) is 0 Å². The molecular weight excluding hydrogens is 165 g/mol. The van der Waals surface area contributed by atoms with Crippen molar-refractivity contribution in [3.63, 3.8) is 0 Å². The normalized spacial score (nSPS) is 6.57. The molecule has 1 radical (unpaired) electrons. The third-order valence-electron chi connectivity index (χ3n) is 0.492. The number of rotatable bonds is 2. The topological polar surface area (TPSA) is 17.1 Å². The molecule has 0 saturated heterocycles. The Morgan fingerprint density at radius 2 is 2.14 bits per heavy atom. The summed E-state index contributed by atoms with van der Waals surface area (Å²) < 4.78 is 0. The van der Waals surface area contributed by atoms with Gasteiger partial charge in [-0.05, 0) is 12.7 Å². The largest absolute Gasteiger partial charge is 0.335 e. The van der Waals surface area contributed by atoms with Crippen molar-refractivity contribution in [1.82, 2.24) is 0 Å². The predicted molar refractivity (Wildman–Crippen MR) is 25.3 cm³/mol. The fraction of sp³-hybridized carbons (Fsp3) is 0.600. The minimum atomic E-state index is 0. The van der Waals surface area contributed by atoms with Gasteiger partial charge in [-0.2, -0.15) is 6.42 Å². The summed E-state index contributed by atoms with van der Waals surface area (Å²) in [7, 11) is 0. The van der Waals surface area contributed by atoms with Gasteiger partial charge in [0.25, 0.3) is 0 Å². The Morgan fingerprint density at radius 1 is 1.71 bits per heavy atom. The summed E-state index contributed by atoms with van der Waals surface area (Å²) in [5, 5.41) is 0. The van der Waals surface area contributed by atoms with E-state index in [2.05, 4.69) is 0 Å². The van der Waals surface area contributed by atoms with Gasteiger partial charge in [-0.1, -0.05) is 6.92 Å². The molecular formula is C5H9OY-. The quantitative estimate of drug-likeness (QED) is 0.574. The molecule has 2 heteroatoms. The van der Waals surface area contributed by atoms with Gasteiger partial charge < -0.3 is 11.2 Å². The van der Waals surface area contributed by atoms with E-state index < -0.39 is 0 Å². The first-order chi connectivity index (χ1) is 2.77. The molecule has 1 nitrogen and oxygen atoms in total. The molecule has 0 bridgehead atoms. The predicted octanol–water partition coefficient (Wildman–Crippen LogP) is 1.19. The van der Waals surface area contributed by atoms with Crippen LogP contribution in [-0.2, 0) is 37.5 Å². The summed E-state index contributed by atoms with van der Waals surface area (Å²) in [4.78, 5) is 9.99. The van der Waals surface area contributed by atoms with Gasteiger partial charge in [0, 0.05) is 32.7 Å². The van der Waals surface area contributed by atoms with E-state index in [9.17, 15) is 4.79 Å². The second-order valence-electron chi connectivity index (χ2n) is 1.22. The van der Waals surface area contributed by atoms with Gasteiger partial charge in [0.2, 0.25) is 0 Å². The molecule has 0 atom stereocenters. The van der Waals surface area contributed by atoms with Crippen LogP contribution >= 0.6 is 0 Å². The second-order valence-corrected chi connectivity index (χ2v) is 1.22. The average molecular weight is 174 g/mol. The molecule has 0 saturated carbocycles. The first-order valence-electron chi connectivity index (χ1n) is 2.11. The maximum absolute atomic E-state index is 9.99. The van der Waals surface area contributed by atoms with E-state index >= 15 is 0 Å². The average Bonchev–Trinajstić information content (AvgIpc) is 1.35. The summed E-state index contributed by atoms with van der Waals surface area (Å²) in [5.41, 5.74) is 0. The summed E-state index contributed by atoms with van der Waals surface area (Å²) in [6.07, 6.45) is 2.51. The third-order valence-corrected chi connectivity index (χ3v) is 0.492. The van der Waals surface area contributed by atoms with E-state index in [1.54, 1.807) is 13.3 Å². The molecule has 0 aliphatic carbocycles. The molecule has 0 fully saturated rings. The van der Waals surface area contributed by atoms with Crippen LogP contribution in [0.5, 0.6) is 0 Å². The van der Waals surface area contributed by atoms with Crippen LogP contribution in [-0.4, -0.2) is 5.78 Å². The molecule has 0 amide bonds. The van der Waals surface area contributed by atoms with Crippen LogP contribution in [0.4, 0.5) is 0 Å².